The van der Waals surface area contributed by atoms with E-state index in [2.05, 4.69) is 0 Å². The van der Waals surface area contributed by atoms with Crippen LogP contribution in [0.4, 0.5) is 0 Å². The van der Waals surface area contributed by atoms with Crippen LogP contribution in [0.15, 0.2) is 29.2 Å². The van der Waals surface area contributed by atoms with E-state index >= 15 is 0 Å². The van der Waals surface area contributed by atoms with Crippen molar-refractivity contribution in [2.45, 2.75) is 4.90 Å². The lowest BCUT2D eigenvalue weighted by molar-refractivity contribution is 0.0827. The lowest BCUT2D eigenvalue weighted by atomic mass is 10.2. The maximum Gasteiger partial charge on any atom is 0.253 e. The lowest BCUT2D eigenvalue weighted by Crippen LogP contribution is -2.21. The van der Waals surface area contributed by atoms with Crippen LogP contribution in [0, 0.1) is 0 Å². The Morgan fingerprint density at radius 2 is 2.08 bits per heavy atom. The van der Waals surface area contributed by atoms with Gasteiger partial charge in [-0.3, -0.25) is 4.79 Å². The highest BCUT2D eigenvalue weighted by molar-refractivity contribution is 7.98. The van der Waals surface area contributed by atoms with Gasteiger partial charge in [0.25, 0.3) is 5.91 Å². The van der Waals surface area contributed by atoms with Crippen LogP contribution < -0.4 is 0 Å². The summed E-state index contributed by atoms with van der Waals surface area (Å²) in [5.41, 5.74) is 0.747. The topological polar surface area (TPSA) is 20.3 Å². The molecular weight excluding hydrogens is 182 g/mol. The molecule has 70 valence electrons. The molecule has 2 nitrogen and oxygen atoms in total. The molecule has 0 heterocycles. The van der Waals surface area contributed by atoms with E-state index in [-0.39, 0.29) is 5.91 Å². The van der Waals surface area contributed by atoms with Crippen LogP contribution in [0.3, 0.4) is 0 Å². The number of amides is 1. The van der Waals surface area contributed by atoms with Gasteiger partial charge in [0.2, 0.25) is 0 Å². The second-order valence-corrected chi connectivity index (χ2v) is 3.81. The van der Waals surface area contributed by atoms with Gasteiger partial charge < -0.3 is 4.90 Å². The largest absolute Gasteiger partial charge is 0.345 e. The fourth-order valence-electron chi connectivity index (χ4n) is 1.01. The molecule has 0 N–H and O–H groups in total. The molecule has 1 amide bonds. The molecule has 0 aromatic heterocycles. The molecule has 0 aliphatic heterocycles. The van der Waals surface area contributed by atoms with Crippen LogP contribution in [0.1, 0.15) is 10.4 Å². The summed E-state index contributed by atoms with van der Waals surface area (Å²) >= 11 is 1.64. The van der Waals surface area contributed by atoms with Crippen LogP contribution in [0.25, 0.3) is 0 Å². The summed E-state index contributed by atoms with van der Waals surface area (Å²) < 4.78 is 0. The molecule has 0 saturated carbocycles. The minimum absolute atomic E-state index is 0.0518. The van der Waals surface area contributed by atoms with E-state index in [0.29, 0.717) is 0 Å². The first-order chi connectivity index (χ1) is 6.15. The Morgan fingerprint density at radius 3 is 2.62 bits per heavy atom. The highest BCUT2D eigenvalue weighted by Gasteiger charge is 2.07. The van der Waals surface area contributed by atoms with Crippen molar-refractivity contribution < 1.29 is 4.79 Å². The Morgan fingerprint density at radius 1 is 1.38 bits per heavy atom. The number of nitrogens with zero attached hydrogens (tertiary/aromatic N) is 1. The Bertz CT molecular complexity index is 310. The second kappa shape index (κ2) is 4.33. The van der Waals surface area contributed by atoms with E-state index in [1.165, 1.54) is 0 Å². The van der Waals surface area contributed by atoms with Crippen molar-refractivity contribution in [1.29, 1.82) is 0 Å². The van der Waals surface area contributed by atoms with Crippen molar-refractivity contribution in [3.63, 3.8) is 0 Å². The van der Waals surface area contributed by atoms with E-state index < -0.39 is 0 Å². The first-order valence-corrected chi connectivity index (χ1v) is 5.23. The Hall–Kier alpha value is -0.960. The predicted octanol–water partition coefficient (Wildman–Crippen LogP) is 2.11. The number of carbonyl (C=O) groups is 1. The van der Waals surface area contributed by atoms with E-state index in [0.717, 1.165) is 10.5 Å². The maximum atomic E-state index is 11.5. The highest BCUT2D eigenvalue weighted by atomic mass is 32.2. The number of hydrogen-bond acceptors (Lipinski definition) is 2. The smallest absolute Gasteiger partial charge is 0.253 e. The zero-order valence-electron chi connectivity index (χ0n) is 8.07. The van der Waals surface area contributed by atoms with Gasteiger partial charge in [-0.1, -0.05) is 6.07 Å². The van der Waals surface area contributed by atoms with Crippen LogP contribution >= 0.6 is 11.8 Å². The maximum absolute atomic E-state index is 11.5. The Labute approximate surface area is 82.9 Å². The third-order valence-electron chi connectivity index (χ3n) is 1.72. The number of rotatable bonds is 2. The van der Waals surface area contributed by atoms with Gasteiger partial charge in [0.05, 0.1) is 0 Å². The standard InChI is InChI=1S/C10H13NOS/c1-11(2)10(12)8-5-4-6-9(7-8)13-3/h4-7H,1-3H3. The lowest BCUT2D eigenvalue weighted by Gasteiger charge is -2.10. The SMILES string of the molecule is CSc1cccc(C(=O)N(C)C)c1. The molecule has 1 aromatic rings. The predicted molar refractivity (Wildman–Crippen MR) is 56.2 cm³/mol. The van der Waals surface area contributed by atoms with Crippen LogP contribution in [0.5, 0.6) is 0 Å². The monoisotopic (exact) mass is 195 g/mol. The summed E-state index contributed by atoms with van der Waals surface area (Å²) in [5, 5.41) is 0. The van der Waals surface area contributed by atoms with Gasteiger partial charge in [0.15, 0.2) is 0 Å². The molecule has 0 spiro atoms. The molecule has 0 unspecified atom stereocenters. The molecule has 3 heteroatoms. The third-order valence-corrected chi connectivity index (χ3v) is 2.45. The van der Waals surface area contributed by atoms with Crippen LogP contribution in [-0.4, -0.2) is 31.2 Å². The summed E-state index contributed by atoms with van der Waals surface area (Å²) in [6, 6.07) is 7.65. The van der Waals surface area contributed by atoms with Gasteiger partial charge in [0, 0.05) is 24.6 Å². The molecule has 0 bridgehead atoms. The van der Waals surface area contributed by atoms with Gasteiger partial charge in [-0.15, -0.1) is 11.8 Å². The van der Waals surface area contributed by atoms with Gasteiger partial charge in [0.1, 0.15) is 0 Å². The minimum Gasteiger partial charge on any atom is -0.345 e. The molecule has 1 aromatic carbocycles. The fraction of sp³-hybridized carbons (Fsp3) is 0.300. The zero-order chi connectivity index (χ0) is 9.84. The molecule has 0 radical (unpaired) electrons. The highest BCUT2D eigenvalue weighted by Crippen LogP contribution is 2.16. The normalized spacial score (nSPS) is 9.77. The Balaban J connectivity index is 2.95. The van der Waals surface area contributed by atoms with E-state index in [1.54, 1.807) is 30.8 Å². The summed E-state index contributed by atoms with van der Waals surface area (Å²) in [6.07, 6.45) is 2.00. The number of thioether (sulfide) groups is 1. The summed E-state index contributed by atoms with van der Waals surface area (Å²) in [4.78, 5) is 14.2. The van der Waals surface area contributed by atoms with Crippen molar-refractivity contribution in [1.82, 2.24) is 4.90 Å². The second-order valence-electron chi connectivity index (χ2n) is 2.93. The van der Waals surface area contributed by atoms with Crippen LogP contribution in [0.2, 0.25) is 0 Å². The Kier molecular flexibility index (Phi) is 3.37. The van der Waals surface area contributed by atoms with Crippen molar-refractivity contribution in [2.75, 3.05) is 20.4 Å². The molecule has 0 atom stereocenters. The van der Waals surface area contributed by atoms with Gasteiger partial charge in [-0.2, -0.15) is 0 Å². The minimum atomic E-state index is 0.0518. The molecule has 0 aliphatic carbocycles. The first kappa shape index (κ1) is 10.1. The molecule has 13 heavy (non-hydrogen) atoms. The van der Waals surface area contributed by atoms with Gasteiger partial charge in [-0.25, -0.2) is 0 Å². The quantitative estimate of drug-likeness (QED) is 0.674. The van der Waals surface area contributed by atoms with Gasteiger partial charge in [-0.05, 0) is 24.5 Å². The van der Waals surface area contributed by atoms with Crippen molar-refractivity contribution >= 4 is 17.7 Å². The summed E-state index contributed by atoms with van der Waals surface area (Å²) in [7, 11) is 3.52. The number of hydrogen-bond donors (Lipinski definition) is 0. The molecule has 1 rings (SSSR count). The number of benzene rings is 1. The van der Waals surface area contributed by atoms with Crippen molar-refractivity contribution in [3.8, 4) is 0 Å². The molecule has 0 saturated heterocycles. The zero-order valence-corrected chi connectivity index (χ0v) is 8.89. The average Bonchev–Trinajstić information content (AvgIpc) is 2.16. The molecule has 0 aliphatic rings. The summed E-state index contributed by atoms with van der Waals surface area (Å²) in [5.74, 6) is 0.0518. The third kappa shape index (κ3) is 2.49. The van der Waals surface area contributed by atoms with Crippen molar-refractivity contribution in [2.24, 2.45) is 0 Å². The first-order valence-electron chi connectivity index (χ1n) is 4.01. The van der Waals surface area contributed by atoms with Crippen LogP contribution in [-0.2, 0) is 0 Å². The average molecular weight is 195 g/mol. The van der Waals surface area contributed by atoms with E-state index in [1.807, 2.05) is 30.5 Å². The number of carbonyl (C=O) groups excluding carboxylic acids is 1. The van der Waals surface area contributed by atoms with E-state index in [4.69, 9.17) is 0 Å². The molecule has 0 fully saturated rings. The summed E-state index contributed by atoms with van der Waals surface area (Å²) in [6.45, 7) is 0. The van der Waals surface area contributed by atoms with Crippen molar-refractivity contribution in [3.05, 3.63) is 29.8 Å². The fourth-order valence-corrected chi connectivity index (χ4v) is 1.47. The molecular formula is C10H13NOS. The van der Waals surface area contributed by atoms with Gasteiger partial charge >= 0.3 is 0 Å². The van der Waals surface area contributed by atoms with E-state index in [9.17, 15) is 4.79 Å².